The summed E-state index contributed by atoms with van der Waals surface area (Å²) in [4.78, 5) is 15.3. The second-order valence-electron chi connectivity index (χ2n) is 5.19. The van der Waals surface area contributed by atoms with E-state index in [2.05, 4.69) is 16.2 Å². The maximum absolute atomic E-state index is 12.1. The van der Waals surface area contributed by atoms with Crippen LogP contribution in [0.3, 0.4) is 0 Å². The molecule has 2 rings (SSSR count). The molecule has 0 spiro atoms. The molecule has 1 unspecified atom stereocenters. The molecule has 0 aliphatic heterocycles. The number of nitrogens with two attached hydrogens (primary N) is 1. The van der Waals surface area contributed by atoms with Crippen LogP contribution in [0.25, 0.3) is 10.9 Å². The van der Waals surface area contributed by atoms with E-state index in [-0.39, 0.29) is 11.9 Å². The molecule has 110 valence electrons. The third kappa shape index (κ3) is 3.65. The minimum atomic E-state index is -0.600. The Morgan fingerprint density at radius 2 is 2.24 bits per heavy atom. The van der Waals surface area contributed by atoms with Gasteiger partial charge in [0.1, 0.15) is 0 Å². The number of nitrogens with one attached hydrogen (secondary N) is 2. The SMILES string of the molecule is C#CC(CCC)NC(=O)[C@@H](N)Cc1c[nH]c2ccccc12. The standard InChI is InChI=1S/C17H21N3O/c1-3-7-13(4-2)20-17(21)15(18)10-12-11-19-16-9-6-5-8-14(12)16/h2,5-6,8-9,11,13,15,19H,3,7,10,18H2,1H3,(H,20,21)/t13?,15-/m0/s1. The zero-order chi connectivity index (χ0) is 15.2. The minimum Gasteiger partial charge on any atom is -0.361 e. The Hall–Kier alpha value is -2.25. The van der Waals surface area contributed by atoms with Gasteiger partial charge in [-0.2, -0.15) is 0 Å². The Labute approximate surface area is 125 Å². The Bertz CT molecular complexity index is 653. The maximum Gasteiger partial charge on any atom is 0.238 e. The number of hydrogen-bond donors (Lipinski definition) is 3. The fourth-order valence-corrected chi connectivity index (χ4v) is 2.39. The van der Waals surface area contributed by atoms with Gasteiger partial charge in [-0.15, -0.1) is 6.42 Å². The second-order valence-corrected chi connectivity index (χ2v) is 5.19. The van der Waals surface area contributed by atoms with E-state index in [1.807, 2.05) is 37.4 Å². The van der Waals surface area contributed by atoms with Crippen LogP contribution in [-0.4, -0.2) is 23.0 Å². The van der Waals surface area contributed by atoms with Crippen LogP contribution in [0.2, 0.25) is 0 Å². The Balaban J connectivity index is 2.02. The van der Waals surface area contributed by atoms with Crippen molar-refractivity contribution >= 4 is 16.8 Å². The quantitative estimate of drug-likeness (QED) is 0.709. The van der Waals surface area contributed by atoms with E-state index in [9.17, 15) is 4.79 Å². The molecule has 0 aliphatic rings. The number of benzene rings is 1. The third-order valence-electron chi connectivity index (χ3n) is 3.55. The van der Waals surface area contributed by atoms with Crippen LogP contribution in [-0.2, 0) is 11.2 Å². The lowest BCUT2D eigenvalue weighted by Crippen LogP contribution is -2.46. The van der Waals surface area contributed by atoms with Crippen LogP contribution >= 0.6 is 0 Å². The molecule has 0 saturated carbocycles. The number of aromatic amines is 1. The Morgan fingerprint density at radius 1 is 1.48 bits per heavy atom. The monoisotopic (exact) mass is 283 g/mol. The lowest BCUT2D eigenvalue weighted by molar-refractivity contribution is -0.122. The number of hydrogen-bond acceptors (Lipinski definition) is 2. The molecule has 1 heterocycles. The summed E-state index contributed by atoms with van der Waals surface area (Å²) in [6.07, 6.45) is 9.49. The molecular weight excluding hydrogens is 262 g/mol. The number of carbonyl (C=O) groups excluding carboxylic acids is 1. The number of rotatable bonds is 6. The third-order valence-corrected chi connectivity index (χ3v) is 3.55. The van der Waals surface area contributed by atoms with Gasteiger partial charge in [0.2, 0.25) is 5.91 Å². The topological polar surface area (TPSA) is 70.9 Å². The molecule has 0 saturated heterocycles. The number of H-pyrrole nitrogens is 1. The number of terminal acetylenes is 1. The van der Waals surface area contributed by atoms with E-state index >= 15 is 0 Å². The van der Waals surface area contributed by atoms with E-state index in [0.29, 0.717) is 6.42 Å². The largest absolute Gasteiger partial charge is 0.361 e. The summed E-state index contributed by atoms with van der Waals surface area (Å²) in [7, 11) is 0. The van der Waals surface area contributed by atoms with Crippen LogP contribution in [0, 0.1) is 12.3 Å². The molecule has 0 radical (unpaired) electrons. The predicted octanol–water partition coefficient (Wildman–Crippen LogP) is 1.96. The fourth-order valence-electron chi connectivity index (χ4n) is 2.39. The number of aromatic nitrogens is 1. The minimum absolute atomic E-state index is 0.198. The molecular formula is C17H21N3O. The van der Waals surface area contributed by atoms with E-state index in [4.69, 9.17) is 12.2 Å². The second kappa shape index (κ2) is 6.96. The molecule has 1 aromatic heterocycles. The number of amides is 1. The molecule has 21 heavy (non-hydrogen) atoms. The summed E-state index contributed by atoms with van der Waals surface area (Å²) in [5, 5.41) is 3.92. The van der Waals surface area contributed by atoms with Crippen LogP contribution < -0.4 is 11.1 Å². The van der Waals surface area contributed by atoms with Crippen molar-refractivity contribution in [1.29, 1.82) is 0 Å². The van der Waals surface area contributed by atoms with Gasteiger partial charge in [0.15, 0.2) is 0 Å². The first kappa shape index (κ1) is 15.1. The van der Waals surface area contributed by atoms with Gasteiger partial charge >= 0.3 is 0 Å². The van der Waals surface area contributed by atoms with Gasteiger partial charge in [0, 0.05) is 17.1 Å². The van der Waals surface area contributed by atoms with Crippen molar-refractivity contribution in [3.63, 3.8) is 0 Å². The summed E-state index contributed by atoms with van der Waals surface area (Å²) < 4.78 is 0. The van der Waals surface area contributed by atoms with E-state index < -0.39 is 6.04 Å². The molecule has 2 aromatic rings. The first-order valence-electron chi connectivity index (χ1n) is 7.22. The molecule has 4 nitrogen and oxygen atoms in total. The number of carbonyl (C=O) groups is 1. The maximum atomic E-state index is 12.1. The van der Waals surface area contributed by atoms with Gasteiger partial charge in [-0.1, -0.05) is 37.5 Å². The molecule has 1 aromatic carbocycles. The summed E-state index contributed by atoms with van der Waals surface area (Å²) >= 11 is 0. The summed E-state index contributed by atoms with van der Waals surface area (Å²) in [5.74, 6) is 2.39. The van der Waals surface area contributed by atoms with Crippen molar-refractivity contribution in [1.82, 2.24) is 10.3 Å². The van der Waals surface area contributed by atoms with E-state index in [1.54, 1.807) is 0 Å². The molecule has 0 bridgehead atoms. The summed E-state index contributed by atoms with van der Waals surface area (Å²) in [5.41, 5.74) is 8.10. The van der Waals surface area contributed by atoms with E-state index in [1.165, 1.54) is 0 Å². The molecule has 2 atom stereocenters. The van der Waals surface area contributed by atoms with E-state index in [0.717, 1.165) is 29.3 Å². The zero-order valence-corrected chi connectivity index (χ0v) is 12.2. The predicted molar refractivity (Wildman–Crippen MR) is 85.6 cm³/mol. The molecule has 0 fully saturated rings. The average molecular weight is 283 g/mol. The van der Waals surface area contributed by atoms with Crippen molar-refractivity contribution in [3.05, 3.63) is 36.0 Å². The van der Waals surface area contributed by atoms with Gasteiger partial charge in [0.05, 0.1) is 12.1 Å². The number of fused-ring (bicyclic) bond motifs is 1. The highest BCUT2D eigenvalue weighted by molar-refractivity contribution is 5.86. The van der Waals surface area contributed by atoms with Crippen LogP contribution in [0.5, 0.6) is 0 Å². The molecule has 4 N–H and O–H groups in total. The van der Waals surface area contributed by atoms with Crippen molar-refractivity contribution in [3.8, 4) is 12.3 Å². The highest BCUT2D eigenvalue weighted by Crippen LogP contribution is 2.18. The van der Waals surface area contributed by atoms with Crippen molar-refractivity contribution < 1.29 is 4.79 Å². The first-order valence-corrected chi connectivity index (χ1v) is 7.22. The van der Waals surface area contributed by atoms with Crippen molar-refractivity contribution in [2.75, 3.05) is 0 Å². The van der Waals surface area contributed by atoms with Crippen LogP contribution in [0.1, 0.15) is 25.3 Å². The van der Waals surface area contributed by atoms with Gasteiger partial charge in [-0.05, 0) is 24.5 Å². The fraction of sp³-hybridized carbons (Fsp3) is 0.353. The lowest BCUT2D eigenvalue weighted by Gasteiger charge is -2.16. The smallest absolute Gasteiger partial charge is 0.238 e. The number of para-hydroxylation sites is 1. The van der Waals surface area contributed by atoms with Gasteiger partial charge in [-0.3, -0.25) is 4.79 Å². The molecule has 0 aliphatic carbocycles. The highest BCUT2D eigenvalue weighted by atomic mass is 16.2. The Morgan fingerprint density at radius 3 is 2.95 bits per heavy atom. The first-order chi connectivity index (χ1) is 10.2. The molecule has 4 heteroatoms. The van der Waals surface area contributed by atoms with Crippen LogP contribution in [0.15, 0.2) is 30.5 Å². The van der Waals surface area contributed by atoms with Crippen molar-refractivity contribution in [2.24, 2.45) is 5.73 Å². The van der Waals surface area contributed by atoms with Gasteiger partial charge in [-0.25, -0.2) is 0 Å². The Kier molecular flexibility index (Phi) is 5.02. The summed E-state index contributed by atoms with van der Waals surface area (Å²) in [6, 6.07) is 7.12. The highest BCUT2D eigenvalue weighted by Gasteiger charge is 2.18. The lowest BCUT2D eigenvalue weighted by atomic mass is 10.0. The van der Waals surface area contributed by atoms with Crippen molar-refractivity contribution in [2.45, 2.75) is 38.3 Å². The van der Waals surface area contributed by atoms with Crippen LogP contribution in [0.4, 0.5) is 0 Å². The van der Waals surface area contributed by atoms with Gasteiger partial charge in [0.25, 0.3) is 0 Å². The van der Waals surface area contributed by atoms with Gasteiger partial charge < -0.3 is 16.0 Å². The zero-order valence-electron chi connectivity index (χ0n) is 12.2. The normalized spacial score (nSPS) is 13.6. The summed E-state index contributed by atoms with van der Waals surface area (Å²) in [6.45, 7) is 2.03. The average Bonchev–Trinajstić information content (AvgIpc) is 2.90. The molecule has 1 amide bonds.